The van der Waals surface area contributed by atoms with E-state index in [4.69, 9.17) is 10.2 Å². The SMILES string of the molecule is CC(=O)C(C)C.CC(C)C(C)(C)O.CC(C)C(C)O.CCOC(=O)NC(C)C. The molecule has 0 heterocycles. The van der Waals surface area contributed by atoms with Crippen molar-refractivity contribution >= 4 is 11.9 Å². The van der Waals surface area contributed by atoms with E-state index in [-0.39, 0.29) is 29.9 Å². The number of amides is 1. The normalized spacial score (nSPS) is 11.5. The van der Waals surface area contributed by atoms with Crippen molar-refractivity contribution in [3.8, 4) is 0 Å². The van der Waals surface area contributed by atoms with Gasteiger partial charge in [-0.1, -0.05) is 41.5 Å². The lowest BCUT2D eigenvalue weighted by Gasteiger charge is -2.21. The van der Waals surface area contributed by atoms with Gasteiger partial charge >= 0.3 is 6.09 Å². The zero-order valence-corrected chi connectivity index (χ0v) is 20.7. The summed E-state index contributed by atoms with van der Waals surface area (Å²) in [4.78, 5) is 20.7. The average molecular weight is 408 g/mol. The summed E-state index contributed by atoms with van der Waals surface area (Å²) in [5.74, 6) is 1.23. The molecule has 0 aliphatic heterocycles. The van der Waals surface area contributed by atoms with E-state index in [0.717, 1.165) is 0 Å². The van der Waals surface area contributed by atoms with Gasteiger partial charge in [0.1, 0.15) is 5.78 Å². The highest BCUT2D eigenvalue weighted by Gasteiger charge is 2.16. The molecule has 0 aliphatic rings. The number of carbonyl (C=O) groups is 2. The molecular formula is C22H49NO5. The first kappa shape index (κ1) is 34.4. The van der Waals surface area contributed by atoms with Gasteiger partial charge < -0.3 is 20.3 Å². The molecule has 0 rings (SSSR count). The largest absolute Gasteiger partial charge is 0.450 e. The number of ketones is 1. The number of hydrogen-bond acceptors (Lipinski definition) is 5. The average Bonchev–Trinajstić information content (AvgIpc) is 2.47. The fraction of sp³-hybridized carbons (Fsp3) is 0.909. The Bertz CT molecular complexity index is 364. The standard InChI is InChI=1S/C6H13NO2.C6H14O.C5H12O.C5H10O/c1-4-9-6(8)7-5(2)3;1-5(2)6(3,4)7;2*1-4(2)5(3)6/h5H,4H2,1-3H3,(H,7,8);5,7H,1-4H3;4-6H,1-3H3;4H,1-3H3. The van der Waals surface area contributed by atoms with Crippen molar-refractivity contribution in [2.24, 2.45) is 17.8 Å². The van der Waals surface area contributed by atoms with Crippen LogP contribution in [0.2, 0.25) is 0 Å². The third kappa shape index (κ3) is 35.9. The van der Waals surface area contributed by atoms with Gasteiger partial charge in [0.15, 0.2) is 0 Å². The lowest BCUT2D eigenvalue weighted by atomic mass is 9.95. The van der Waals surface area contributed by atoms with E-state index < -0.39 is 5.60 Å². The van der Waals surface area contributed by atoms with Gasteiger partial charge in [-0.15, -0.1) is 0 Å². The smallest absolute Gasteiger partial charge is 0.407 e. The molecule has 1 atom stereocenters. The predicted molar refractivity (Wildman–Crippen MR) is 118 cm³/mol. The summed E-state index contributed by atoms with van der Waals surface area (Å²) >= 11 is 0. The maximum absolute atomic E-state index is 10.5. The molecule has 6 heteroatoms. The molecule has 0 aromatic carbocycles. The van der Waals surface area contributed by atoms with Gasteiger partial charge in [-0.05, 0) is 60.3 Å². The third-order valence-corrected chi connectivity index (χ3v) is 3.87. The Balaban J connectivity index is -0.000000139. The summed E-state index contributed by atoms with van der Waals surface area (Å²) < 4.78 is 4.60. The van der Waals surface area contributed by atoms with Gasteiger partial charge in [-0.25, -0.2) is 4.79 Å². The predicted octanol–water partition coefficient (Wildman–Crippen LogP) is 4.81. The summed E-state index contributed by atoms with van der Waals surface area (Å²) in [6.07, 6.45) is -0.488. The highest BCUT2D eigenvalue weighted by Crippen LogP contribution is 2.13. The molecule has 0 saturated carbocycles. The zero-order valence-electron chi connectivity index (χ0n) is 20.7. The molecule has 0 aliphatic carbocycles. The maximum Gasteiger partial charge on any atom is 0.407 e. The van der Waals surface area contributed by atoms with Crippen molar-refractivity contribution < 1.29 is 24.5 Å². The van der Waals surface area contributed by atoms with E-state index in [0.29, 0.717) is 18.4 Å². The topological polar surface area (TPSA) is 95.9 Å². The molecule has 0 aromatic rings. The highest BCUT2D eigenvalue weighted by molar-refractivity contribution is 5.77. The maximum atomic E-state index is 10.5. The summed E-state index contributed by atoms with van der Waals surface area (Å²) in [5, 5.41) is 20.3. The zero-order chi connectivity index (χ0) is 23.7. The summed E-state index contributed by atoms with van der Waals surface area (Å²) in [7, 11) is 0. The van der Waals surface area contributed by atoms with E-state index in [1.165, 1.54) is 0 Å². The fourth-order valence-electron chi connectivity index (χ4n) is 0.408. The summed E-state index contributed by atoms with van der Waals surface area (Å²) in [6.45, 7) is 24.8. The third-order valence-electron chi connectivity index (χ3n) is 3.87. The van der Waals surface area contributed by atoms with Crippen LogP contribution in [0.1, 0.15) is 90.0 Å². The molecule has 0 radical (unpaired) electrons. The van der Waals surface area contributed by atoms with Crippen LogP contribution in [0.15, 0.2) is 0 Å². The molecule has 3 N–H and O–H groups in total. The van der Waals surface area contributed by atoms with Gasteiger partial charge in [0.2, 0.25) is 0 Å². The highest BCUT2D eigenvalue weighted by atomic mass is 16.5. The van der Waals surface area contributed by atoms with E-state index >= 15 is 0 Å². The van der Waals surface area contributed by atoms with E-state index in [1.54, 1.807) is 20.8 Å². The van der Waals surface area contributed by atoms with Crippen molar-refractivity contribution in [3.05, 3.63) is 0 Å². The molecule has 1 unspecified atom stereocenters. The van der Waals surface area contributed by atoms with E-state index in [2.05, 4.69) is 10.1 Å². The fourth-order valence-corrected chi connectivity index (χ4v) is 0.408. The Hall–Kier alpha value is -1.14. The molecule has 0 saturated heterocycles. The monoisotopic (exact) mass is 407 g/mol. The van der Waals surface area contributed by atoms with Crippen LogP contribution >= 0.6 is 0 Å². The first-order valence-corrected chi connectivity index (χ1v) is 10.2. The number of Topliss-reactive ketones (excluding diaryl/α,β-unsaturated/α-hetero) is 1. The van der Waals surface area contributed by atoms with Crippen LogP contribution in [0.5, 0.6) is 0 Å². The number of nitrogens with one attached hydrogen (secondary N) is 1. The van der Waals surface area contributed by atoms with Gasteiger partial charge in [0.25, 0.3) is 0 Å². The second-order valence-electron chi connectivity index (χ2n) is 8.58. The summed E-state index contributed by atoms with van der Waals surface area (Å²) in [6, 6.07) is 0.157. The Kier molecular flexibility index (Phi) is 23.6. The van der Waals surface area contributed by atoms with Gasteiger partial charge in [-0.3, -0.25) is 4.79 Å². The van der Waals surface area contributed by atoms with Crippen LogP contribution in [-0.2, 0) is 9.53 Å². The number of rotatable bonds is 5. The van der Waals surface area contributed by atoms with Crippen molar-refractivity contribution in [1.82, 2.24) is 5.32 Å². The number of ether oxygens (including phenoxy) is 1. The minimum atomic E-state index is -0.500. The molecule has 0 fully saturated rings. The van der Waals surface area contributed by atoms with Gasteiger partial charge in [0.05, 0.1) is 18.3 Å². The van der Waals surface area contributed by atoms with E-state index in [1.807, 2.05) is 69.2 Å². The molecule has 0 spiro atoms. The van der Waals surface area contributed by atoms with Crippen molar-refractivity contribution in [3.63, 3.8) is 0 Å². The molecule has 28 heavy (non-hydrogen) atoms. The van der Waals surface area contributed by atoms with Crippen LogP contribution < -0.4 is 5.32 Å². The number of alkyl carbamates (subject to hydrolysis) is 1. The second-order valence-corrected chi connectivity index (χ2v) is 8.58. The molecule has 6 nitrogen and oxygen atoms in total. The van der Waals surface area contributed by atoms with Crippen molar-refractivity contribution in [1.29, 1.82) is 0 Å². The van der Waals surface area contributed by atoms with Crippen LogP contribution in [0, 0.1) is 17.8 Å². The molecular weight excluding hydrogens is 358 g/mol. The molecule has 0 aromatic heterocycles. The first-order chi connectivity index (χ1) is 12.4. The minimum absolute atomic E-state index is 0.148. The van der Waals surface area contributed by atoms with Crippen molar-refractivity contribution in [2.45, 2.75) is 108 Å². The lowest BCUT2D eigenvalue weighted by Crippen LogP contribution is -2.30. The number of carbonyl (C=O) groups excluding carboxylic acids is 2. The Morgan fingerprint density at radius 2 is 1.25 bits per heavy atom. The molecule has 1 amide bonds. The Labute approximate surface area is 174 Å². The Morgan fingerprint density at radius 3 is 1.36 bits per heavy atom. The summed E-state index contributed by atoms with van der Waals surface area (Å²) in [5.41, 5.74) is -0.500. The van der Waals surface area contributed by atoms with E-state index in [9.17, 15) is 9.59 Å². The molecule has 172 valence electrons. The van der Waals surface area contributed by atoms with Gasteiger partial charge in [-0.2, -0.15) is 0 Å². The number of aliphatic hydroxyl groups excluding tert-OH is 1. The lowest BCUT2D eigenvalue weighted by molar-refractivity contribution is -0.119. The van der Waals surface area contributed by atoms with Gasteiger partial charge in [0, 0.05) is 12.0 Å². The van der Waals surface area contributed by atoms with Crippen molar-refractivity contribution in [2.75, 3.05) is 6.61 Å². The number of hydrogen-bond donors (Lipinski definition) is 3. The van der Waals surface area contributed by atoms with Crippen LogP contribution in [0.3, 0.4) is 0 Å². The van der Waals surface area contributed by atoms with Crippen LogP contribution in [0.25, 0.3) is 0 Å². The van der Waals surface area contributed by atoms with Crippen LogP contribution in [-0.4, -0.2) is 46.4 Å². The Morgan fingerprint density at radius 1 is 0.964 bits per heavy atom. The second kappa shape index (κ2) is 19.2. The quantitative estimate of drug-likeness (QED) is 0.608. The minimum Gasteiger partial charge on any atom is -0.450 e. The number of aliphatic hydroxyl groups is 2. The first-order valence-electron chi connectivity index (χ1n) is 10.2. The molecule has 0 bridgehead atoms. The van der Waals surface area contributed by atoms with Crippen LogP contribution in [0.4, 0.5) is 4.79 Å².